The highest BCUT2D eigenvalue weighted by Crippen LogP contribution is 2.35. The summed E-state index contributed by atoms with van der Waals surface area (Å²) < 4.78 is 15.7. The molecule has 1 aliphatic heterocycles. The van der Waals surface area contributed by atoms with Gasteiger partial charge in [-0.15, -0.1) is 0 Å². The number of carbonyl (C=O) groups excluding carboxylic acids is 4. The number of nitrogens with zero attached hydrogens (tertiary/aromatic N) is 1. The molecule has 0 aliphatic carbocycles. The molecular formula is C23H20ClNO7S. The lowest BCUT2D eigenvalue weighted by atomic mass is 10.1. The van der Waals surface area contributed by atoms with Crippen molar-refractivity contribution in [2.75, 3.05) is 13.7 Å². The lowest BCUT2D eigenvalue weighted by molar-refractivity contribution is -0.149. The molecule has 0 atom stereocenters. The van der Waals surface area contributed by atoms with E-state index in [1.807, 2.05) is 0 Å². The molecule has 172 valence electrons. The summed E-state index contributed by atoms with van der Waals surface area (Å²) in [6.07, 6.45) is 1.10. The van der Waals surface area contributed by atoms with Crippen molar-refractivity contribution in [3.63, 3.8) is 0 Å². The number of methoxy groups -OCH3 is 1. The van der Waals surface area contributed by atoms with Crippen LogP contribution in [0.2, 0.25) is 5.02 Å². The molecule has 1 heterocycles. The van der Waals surface area contributed by atoms with Gasteiger partial charge in [0.2, 0.25) is 0 Å². The Bertz CT molecular complexity index is 1150. The van der Waals surface area contributed by atoms with Crippen molar-refractivity contribution >= 4 is 52.5 Å². The van der Waals surface area contributed by atoms with Gasteiger partial charge in [0.15, 0.2) is 11.5 Å². The summed E-state index contributed by atoms with van der Waals surface area (Å²) in [6, 6.07) is 11.1. The quantitative estimate of drug-likeness (QED) is 0.317. The topological polar surface area (TPSA) is 99.2 Å². The van der Waals surface area contributed by atoms with Crippen molar-refractivity contribution in [3.8, 4) is 11.5 Å². The van der Waals surface area contributed by atoms with Gasteiger partial charge < -0.3 is 14.2 Å². The van der Waals surface area contributed by atoms with E-state index in [4.69, 9.17) is 25.8 Å². The van der Waals surface area contributed by atoms with E-state index in [-0.39, 0.29) is 33.1 Å². The van der Waals surface area contributed by atoms with E-state index in [1.54, 1.807) is 44.2 Å². The van der Waals surface area contributed by atoms with Crippen LogP contribution in [0.1, 0.15) is 29.8 Å². The Labute approximate surface area is 199 Å². The number of carbonyl (C=O) groups is 4. The van der Waals surface area contributed by atoms with Crippen LogP contribution in [-0.2, 0) is 14.3 Å². The van der Waals surface area contributed by atoms with Gasteiger partial charge in [0, 0.05) is 0 Å². The van der Waals surface area contributed by atoms with Crippen LogP contribution < -0.4 is 9.47 Å². The average Bonchev–Trinajstić information content (AvgIpc) is 3.01. The molecule has 33 heavy (non-hydrogen) atoms. The van der Waals surface area contributed by atoms with Gasteiger partial charge in [0.05, 0.1) is 28.7 Å². The summed E-state index contributed by atoms with van der Waals surface area (Å²) in [5.41, 5.74) is 0.661. The largest absolute Gasteiger partial charge is 0.493 e. The highest BCUT2D eigenvalue weighted by atomic mass is 35.5. The van der Waals surface area contributed by atoms with Crippen LogP contribution in [0.25, 0.3) is 6.08 Å². The minimum absolute atomic E-state index is 0.107. The third kappa shape index (κ3) is 5.94. The number of halogens is 1. The Morgan fingerprint density at radius 1 is 1.12 bits per heavy atom. The highest BCUT2D eigenvalue weighted by Gasteiger charge is 2.36. The number of hydrogen-bond donors (Lipinski definition) is 0. The summed E-state index contributed by atoms with van der Waals surface area (Å²) in [7, 11) is 1.42. The fourth-order valence-corrected chi connectivity index (χ4v) is 3.91. The van der Waals surface area contributed by atoms with Crippen LogP contribution in [-0.4, -0.2) is 47.7 Å². The van der Waals surface area contributed by atoms with E-state index >= 15 is 0 Å². The second-order valence-corrected chi connectivity index (χ2v) is 8.49. The SMILES string of the molecule is COc1ccc(/C=C2\SC(=O)N(CC(=O)OC(C)C)C2=O)cc1OC(=O)c1ccccc1Cl. The van der Waals surface area contributed by atoms with E-state index in [1.165, 1.54) is 25.3 Å². The summed E-state index contributed by atoms with van der Waals surface area (Å²) in [5, 5.41) is -0.340. The zero-order valence-corrected chi connectivity index (χ0v) is 19.6. The van der Waals surface area contributed by atoms with Gasteiger partial charge in [-0.25, -0.2) is 4.79 Å². The Morgan fingerprint density at radius 3 is 2.52 bits per heavy atom. The maximum absolute atomic E-state index is 12.6. The molecule has 0 N–H and O–H groups in total. The van der Waals surface area contributed by atoms with Crippen LogP contribution in [0.15, 0.2) is 47.4 Å². The van der Waals surface area contributed by atoms with E-state index < -0.39 is 29.6 Å². The summed E-state index contributed by atoms with van der Waals surface area (Å²) in [5.74, 6) is -1.57. The zero-order valence-electron chi connectivity index (χ0n) is 18.0. The minimum atomic E-state index is -0.681. The van der Waals surface area contributed by atoms with Gasteiger partial charge in [-0.2, -0.15) is 0 Å². The lowest BCUT2D eigenvalue weighted by Crippen LogP contribution is -2.35. The normalized spacial score (nSPS) is 14.7. The molecule has 3 rings (SSSR count). The predicted octanol–water partition coefficient (Wildman–Crippen LogP) is 4.56. The summed E-state index contributed by atoms with van der Waals surface area (Å²) in [4.78, 5) is 50.2. The molecule has 10 heteroatoms. The van der Waals surface area contributed by atoms with Crippen LogP contribution in [0.4, 0.5) is 4.79 Å². The molecule has 2 amide bonds. The summed E-state index contributed by atoms with van der Waals surface area (Å²) >= 11 is 6.76. The number of thioether (sulfide) groups is 1. The molecule has 0 spiro atoms. The average molecular weight is 490 g/mol. The monoisotopic (exact) mass is 489 g/mol. The van der Waals surface area contributed by atoms with Crippen molar-refractivity contribution in [3.05, 3.63) is 63.5 Å². The number of ether oxygens (including phenoxy) is 3. The first-order valence-corrected chi connectivity index (χ1v) is 11.0. The van der Waals surface area contributed by atoms with Crippen molar-refractivity contribution in [2.24, 2.45) is 0 Å². The molecule has 2 aromatic carbocycles. The Kier molecular flexibility index (Phi) is 7.78. The molecule has 1 saturated heterocycles. The molecule has 0 saturated carbocycles. The molecule has 0 radical (unpaired) electrons. The van der Waals surface area contributed by atoms with Gasteiger partial charge in [-0.1, -0.05) is 29.8 Å². The molecule has 0 aromatic heterocycles. The maximum atomic E-state index is 12.6. The van der Waals surface area contributed by atoms with E-state index in [2.05, 4.69) is 0 Å². The molecule has 1 fully saturated rings. The van der Waals surface area contributed by atoms with Gasteiger partial charge in [0.25, 0.3) is 11.1 Å². The van der Waals surface area contributed by atoms with Crippen molar-refractivity contribution < 1.29 is 33.4 Å². The smallest absolute Gasteiger partial charge is 0.345 e. The number of amides is 2. The second-order valence-electron chi connectivity index (χ2n) is 7.09. The lowest BCUT2D eigenvalue weighted by Gasteiger charge is -2.13. The number of benzene rings is 2. The number of imide groups is 1. The second kappa shape index (κ2) is 10.5. The first-order chi connectivity index (χ1) is 15.7. The Morgan fingerprint density at radius 2 is 1.85 bits per heavy atom. The van der Waals surface area contributed by atoms with Gasteiger partial charge in [0.1, 0.15) is 6.54 Å². The first kappa shape index (κ1) is 24.3. The molecular weight excluding hydrogens is 470 g/mol. The van der Waals surface area contributed by atoms with E-state index in [0.717, 1.165) is 4.90 Å². The molecule has 0 bridgehead atoms. The van der Waals surface area contributed by atoms with E-state index in [9.17, 15) is 19.2 Å². The number of hydrogen-bond acceptors (Lipinski definition) is 8. The molecule has 8 nitrogen and oxygen atoms in total. The van der Waals surface area contributed by atoms with Crippen molar-refractivity contribution in [2.45, 2.75) is 20.0 Å². The van der Waals surface area contributed by atoms with Crippen LogP contribution >= 0.6 is 23.4 Å². The third-order valence-corrected chi connectivity index (χ3v) is 5.55. The molecule has 0 unspecified atom stereocenters. The standard InChI is InChI=1S/C23H20ClNO7S/c1-13(2)31-20(26)12-25-21(27)19(33-23(25)29)11-14-8-9-17(30-3)18(10-14)32-22(28)15-6-4-5-7-16(15)24/h4-11,13H,12H2,1-3H3/b19-11-. The van der Waals surface area contributed by atoms with Crippen LogP contribution in [0.3, 0.4) is 0 Å². The van der Waals surface area contributed by atoms with Crippen LogP contribution in [0, 0.1) is 0 Å². The highest BCUT2D eigenvalue weighted by molar-refractivity contribution is 8.18. The van der Waals surface area contributed by atoms with Crippen molar-refractivity contribution in [1.82, 2.24) is 4.90 Å². The fraction of sp³-hybridized carbons (Fsp3) is 0.217. The minimum Gasteiger partial charge on any atom is -0.493 e. The maximum Gasteiger partial charge on any atom is 0.345 e. The zero-order chi connectivity index (χ0) is 24.1. The molecule has 1 aliphatic rings. The number of rotatable bonds is 7. The first-order valence-electron chi connectivity index (χ1n) is 9.79. The summed E-state index contributed by atoms with van der Waals surface area (Å²) in [6.45, 7) is 2.88. The third-order valence-electron chi connectivity index (χ3n) is 4.31. The fourth-order valence-electron chi connectivity index (χ4n) is 2.86. The Balaban J connectivity index is 1.82. The van der Waals surface area contributed by atoms with E-state index in [0.29, 0.717) is 17.3 Å². The molecule has 2 aromatic rings. The van der Waals surface area contributed by atoms with Gasteiger partial charge >= 0.3 is 11.9 Å². The number of esters is 2. The van der Waals surface area contributed by atoms with Gasteiger partial charge in [-0.3, -0.25) is 19.3 Å². The van der Waals surface area contributed by atoms with Crippen molar-refractivity contribution in [1.29, 1.82) is 0 Å². The predicted molar refractivity (Wildman–Crippen MR) is 123 cm³/mol. The Hall–Kier alpha value is -3.30. The van der Waals surface area contributed by atoms with Crippen LogP contribution in [0.5, 0.6) is 11.5 Å². The van der Waals surface area contributed by atoms with Gasteiger partial charge in [-0.05, 0) is 61.5 Å².